The van der Waals surface area contributed by atoms with E-state index in [1.54, 1.807) is 7.05 Å². The second-order valence-corrected chi connectivity index (χ2v) is 3.02. The topological polar surface area (TPSA) is 47.9 Å². The first kappa shape index (κ1) is 10.0. The molecular weight excluding hydrogens is 170 g/mol. The van der Waals surface area contributed by atoms with Crippen molar-refractivity contribution in [3.05, 3.63) is 0 Å². The number of carbonyl (C=O) groups is 1. The van der Waals surface area contributed by atoms with Gasteiger partial charge in [-0.1, -0.05) is 0 Å². The van der Waals surface area contributed by atoms with Gasteiger partial charge in [0.2, 0.25) is 0 Å². The van der Waals surface area contributed by atoms with Gasteiger partial charge in [0.1, 0.15) is 6.10 Å². The van der Waals surface area contributed by atoms with Gasteiger partial charge in [-0.2, -0.15) is 0 Å². The molecule has 1 aliphatic carbocycles. The standard InChI is InChI=1S/C9H15NO3/c1-10-7-5-3-4-6-8(7)13-9(11)12-2/h8H,3-6H2,1-2H3. The molecule has 0 saturated heterocycles. The smallest absolute Gasteiger partial charge is 0.438 e. The lowest BCUT2D eigenvalue weighted by atomic mass is 9.95. The third-order valence-corrected chi connectivity index (χ3v) is 2.21. The molecule has 1 rings (SSSR count). The predicted octanol–water partition coefficient (Wildman–Crippen LogP) is 1.78. The van der Waals surface area contributed by atoms with E-state index in [-0.39, 0.29) is 6.10 Å². The molecule has 0 radical (unpaired) electrons. The summed E-state index contributed by atoms with van der Waals surface area (Å²) in [5.41, 5.74) is 0.969. The van der Waals surface area contributed by atoms with E-state index in [1.165, 1.54) is 7.11 Å². The third kappa shape index (κ3) is 2.72. The van der Waals surface area contributed by atoms with Gasteiger partial charge >= 0.3 is 6.16 Å². The Labute approximate surface area is 77.9 Å². The summed E-state index contributed by atoms with van der Waals surface area (Å²) in [7, 11) is 3.04. The van der Waals surface area contributed by atoms with Crippen molar-refractivity contribution in [2.75, 3.05) is 14.2 Å². The Morgan fingerprint density at radius 1 is 1.54 bits per heavy atom. The first-order valence-corrected chi connectivity index (χ1v) is 4.48. The molecule has 1 aliphatic rings. The van der Waals surface area contributed by atoms with Crippen molar-refractivity contribution < 1.29 is 14.3 Å². The summed E-state index contributed by atoms with van der Waals surface area (Å²) in [4.78, 5) is 14.9. The van der Waals surface area contributed by atoms with Crippen LogP contribution in [0.25, 0.3) is 0 Å². The van der Waals surface area contributed by atoms with Gasteiger partial charge in [-0.25, -0.2) is 4.79 Å². The average Bonchev–Trinajstić information content (AvgIpc) is 2.18. The fourth-order valence-electron chi connectivity index (χ4n) is 1.51. The first-order valence-electron chi connectivity index (χ1n) is 4.48. The molecule has 0 aromatic rings. The second kappa shape index (κ2) is 4.84. The Kier molecular flexibility index (Phi) is 3.73. The zero-order valence-corrected chi connectivity index (χ0v) is 8.08. The van der Waals surface area contributed by atoms with E-state index in [0.717, 1.165) is 31.4 Å². The molecule has 0 N–H and O–H groups in total. The average molecular weight is 185 g/mol. The highest BCUT2D eigenvalue weighted by Crippen LogP contribution is 2.18. The highest BCUT2D eigenvalue weighted by Gasteiger charge is 2.23. The van der Waals surface area contributed by atoms with E-state index in [1.807, 2.05) is 0 Å². The molecule has 13 heavy (non-hydrogen) atoms. The lowest BCUT2D eigenvalue weighted by Gasteiger charge is -2.22. The number of hydrogen-bond donors (Lipinski definition) is 0. The minimum absolute atomic E-state index is 0.161. The van der Waals surface area contributed by atoms with Gasteiger partial charge < -0.3 is 9.47 Å². The number of carbonyl (C=O) groups excluding carboxylic acids is 1. The van der Waals surface area contributed by atoms with Crippen LogP contribution in [-0.2, 0) is 9.47 Å². The van der Waals surface area contributed by atoms with Gasteiger partial charge in [0.05, 0.1) is 12.8 Å². The molecule has 0 aromatic carbocycles. The zero-order valence-electron chi connectivity index (χ0n) is 8.08. The number of aliphatic imine (C=N–C) groups is 1. The van der Waals surface area contributed by atoms with Crippen molar-refractivity contribution in [3.63, 3.8) is 0 Å². The summed E-state index contributed by atoms with van der Waals surface area (Å²) >= 11 is 0. The lowest BCUT2D eigenvalue weighted by Crippen LogP contribution is -2.30. The van der Waals surface area contributed by atoms with Crippen LogP contribution in [0, 0.1) is 0 Å². The molecule has 0 bridgehead atoms. The van der Waals surface area contributed by atoms with Gasteiger partial charge in [-0.3, -0.25) is 4.99 Å². The van der Waals surface area contributed by atoms with Crippen LogP contribution in [0.2, 0.25) is 0 Å². The molecule has 1 unspecified atom stereocenters. The molecule has 0 amide bonds. The molecule has 0 spiro atoms. The van der Waals surface area contributed by atoms with Gasteiger partial charge in [-0.05, 0) is 25.7 Å². The summed E-state index contributed by atoms with van der Waals surface area (Å²) in [6.45, 7) is 0. The zero-order chi connectivity index (χ0) is 9.68. The number of methoxy groups -OCH3 is 1. The summed E-state index contributed by atoms with van der Waals surface area (Å²) < 4.78 is 9.48. The Bertz CT molecular complexity index is 213. The van der Waals surface area contributed by atoms with Crippen molar-refractivity contribution in [3.8, 4) is 0 Å². The van der Waals surface area contributed by atoms with Crippen molar-refractivity contribution in [2.45, 2.75) is 31.8 Å². The molecular formula is C9H15NO3. The largest absolute Gasteiger partial charge is 0.508 e. The third-order valence-electron chi connectivity index (χ3n) is 2.21. The Morgan fingerprint density at radius 2 is 2.31 bits per heavy atom. The van der Waals surface area contributed by atoms with Crippen molar-refractivity contribution >= 4 is 11.9 Å². The normalized spacial score (nSPS) is 25.7. The summed E-state index contributed by atoms with van der Waals surface area (Å²) in [6.07, 6.45) is 3.23. The minimum Gasteiger partial charge on any atom is -0.438 e. The second-order valence-electron chi connectivity index (χ2n) is 3.02. The maximum Gasteiger partial charge on any atom is 0.508 e. The van der Waals surface area contributed by atoms with Crippen molar-refractivity contribution in [2.24, 2.45) is 4.99 Å². The molecule has 4 nitrogen and oxygen atoms in total. The fourth-order valence-corrected chi connectivity index (χ4v) is 1.51. The van der Waals surface area contributed by atoms with Crippen LogP contribution in [-0.4, -0.2) is 32.1 Å². The van der Waals surface area contributed by atoms with E-state index in [4.69, 9.17) is 4.74 Å². The molecule has 0 aromatic heterocycles. The SMILES string of the molecule is CN=C1CCCCC1OC(=O)OC. The van der Waals surface area contributed by atoms with Crippen LogP contribution in [0.15, 0.2) is 4.99 Å². The fraction of sp³-hybridized carbons (Fsp3) is 0.778. The molecule has 4 heteroatoms. The molecule has 1 fully saturated rings. The lowest BCUT2D eigenvalue weighted by molar-refractivity contribution is 0.0524. The number of hydrogen-bond acceptors (Lipinski definition) is 4. The number of rotatable bonds is 1. The molecule has 1 saturated carbocycles. The summed E-state index contributed by atoms with van der Waals surface area (Å²) in [5.74, 6) is 0. The van der Waals surface area contributed by atoms with Crippen LogP contribution in [0.3, 0.4) is 0 Å². The minimum atomic E-state index is -0.618. The van der Waals surface area contributed by atoms with E-state index >= 15 is 0 Å². The number of ether oxygens (including phenoxy) is 2. The van der Waals surface area contributed by atoms with E-state index in [9.17, 15) is 4.79 Å². The van der Waals surface area contributed by atoms with Crippen LogP contribution in [0.5, 0.6) is 0 Å². The summed E-state index contributed by atoms with van der Waals surface area (Å²) in [6, 6.07) is 0. The van der Waals surface area contributed by atoms with E-state index in [2.05, 4.69) is 9.73 Å². The Morgan fingerprint density at radius 3 is 2.92 bits per heavy atom. The van der Waals surface area contributed by atoms with Crippen LogP contribution >= 0.6 is 0 Å². The monoisotopic (exact) mass is 185 g/mol. The van der Waals surface area contributed by atoms with Crippen LogP contribution < -0.4 is 0 Å². The molecule has 0 heterocycles. The first-order chi connectivity index (χ1) is 6.27. The van der Waals surface area contributed by atoms with Crippen LogP contribution in [0.4, 0.5) is 4.79 Å². The number of nitrogens with zero attached hydrogens (tertiary/aromatic N) is 1. The van der Waals surface area contributed by atoms with Gasteiger partial charge in [-0.15, -0.1) is 0 Å². The quantitative estimate of drug-likeness (QED) is 0.585. The maximum absolute atomic E-state index is 10.8. The van der Waals surface area contributed by atoms with Gasteiger partial charge in [0.25, 0.3) is 0 Å². The van der Waals surface area contributed by atoms with Gasteiger partial charge in [0, 0.05) is 7.05 Å². The van der Waals surface area contributed by atoms with E-state index in [0.29, 0.717) is 0 Å². The van der Waals surface area contributed by atoms with Crippen LogP contribution in [0.1, 0.15) is 25.7 Å². The van der Waals surface area contributed by atoms with E-state index < -0.39 is 6.16 Å². The Hall–Kier alpha value is -1.06. The highest BCUT2D eigenvalue weighted by atomic mass is 16.7. The maximum atomic E-state index is 10.8. The highest BCUT2D eigenvalue weighted by molar-refractivity contribution is 5.90. The predicted molar refractivity (Wildman–Crippen MR) is 49.1 cm³/mol. The molecule has 1 atom stereocenters. The Balaban J connectivity index is 2.50. The molecule has 74 valence electrons. The van der Waals surface area contributed by atoms with Crippen molar-refractivity contribution in [1.82, 2.24) is 0 Å². The van der Waals surface area contributed by atoms with Crippen molar-refractivity contribution in [1.29, 1.82) is 0 Å². The van der Waals surface area contributed by atoms with Gasteiger partial charge in [0.15, 0.2) is 0 Å². The molecule has 0 aliphatic heterocycles. The summed E-state index contributed by atoms with van der Waals surface area (Å²) in [5, 5.41) is 0.